The Labute approximate surface area is 200 Å². The number of piperidine rings is 1. The molecule has 5 nitrogen and oxygen atoms in total. The molecule has 5 aliphatic carbocycles. The number of fused-ring (bicyclic) bond motifs is 1. The Hall–Kier alpha value is -2.08. The van der Waals surface area contributed by atoms with Gasteiger partial charge in [-0.2, -0.15) is 0 Å². The Morgan fingerprint density at radius 2 is 1.88 bits per heavy atom. The van der Waals surface area contributed by atoms with E-state index in [2.05, 4.69) is 55.3 Å². The third kappa shape index (κ3) is 1.55. The lowest BCUT2D eigenvalue weighted by Crippen LogP contribution is -2.83. The van der Waals surface area contributed by atoms with E-state index in [1.165, 1.54) is 16.7 Å². The van der Waals surface area contributed by atoms with Gasteiger partial charge in [-0.05, 0) is 69.8 Å². The van der Waals surface area contributed by atoms with Crippen molar-refractivity contribution in [1.82, 2.24) is 4.90 Å². The van der Waals surface area contributed by atoms with Crippen molar-refractivity contribution in [3.05, 3.63) is 59.2 Å². The Morgan fingerprint density at radius 1 is 1.03 bits per heavy atom. The van der Waals surface area contributed by atoms with Gasteiger partial charge in [0.05, 0.1) is 5.60 Å². The average molecular weight is 458 g/mol. The molecule has 176 valence electrons. The van der Waals surface area contributed by atoms with E-state index in [1.807, 2.05) is 6.07 Å². The lowest BCUT2D eigenvalue weighted by molar-refractivity contribution is -0.352. The summed E-state index contributed by atoms with van der Waals surface area (Å²) in [7, 11) is 2.33. The highest BCUT2D eigenvalue weighted by atomic mass is 16.7. The summed E-state index contributed by atoms with van der Waals surface area (Å²) in [5.74, 6) is 1.35. The molecule has 4 saturated carbocycles. The largest absolute Gasteiger partial charge is 0.504 e. The Kier molecular flexibility index (Phi) is 3.01. The van der Waals surface area contributed by atoms with E-state index in [9.17, 15) is 5.11 Å². The predicted molar refractivity (Wildman–Crippen MR) is 125 cm³/mol. The zero-order valence-corrected chi connectivity index (χ0v) is 19.8. The topological polar surface area (TPSA) is 51.2 Å². The number of likely N-dealkylation sites (tertiary alicyclic amines) is 1. The fraction of sp³-hybridized carbons (Fsp3) is 0.586. The first-order valence-electron chi connectivity index (χ1n) is 13.0. The van der Waals surface area contributed by atoms with E-state index in [1.54, 1.807) is 0 Å². The van der Waals surface area contributed by atoms with E-state index in [4.69, 9.17) is 14.2 Å². The number of benzene rings is 2. The van der Waals surface area contributed by atoms with Crippen LogP contribution in [0.25, 0.3) is 0 Å². The summed E-state index contributed by atoms with van der Waals surface area (Å²) in [5, 5.41) is 11.0. The number of nitrogens with zero attached hydrogens (tertiary/aromatic N) is 1. The van der Waals surface area contributed by atoms with Gasteiger partial charge in [0.25, 0.3) is 0 Å². The van der Waals surface area contributed by atoms with Gasteiger partial charge in [0.2, 0.25) is 0 Å². The van der Waals surface area contributed by atoms with E-state index < -0.39 is 5.60 Å². The van der Waals surface area contributed by atoms with Crippen molar-refractivity contribution in [2.45, 2.75) is 73.7 Å². The molecule has 3 aliphatic heterocycles. The predicted octanol–water partition coefficient (Wildman–Crippen LogP) is 4.12. The first-order chi connectivity index (χ1) is 16.5. The lowest BCUT2D eigenvalue weighted by Gasteiger charge is -2.75. The first kappa shape index (κ1) is 19.1. The second kappa shape index (κ2) is 5.35. The highest BCUT2D eigenvalue weighted by Crippen LogP contribution is 2.90. The van der Waals surface area contributed by atoms with Crippen LogP contribution in [0.5, 0.6) is 11.5 Å². The number of rotatable bonds is 1. The first-order valence-corrected chi connectivity index (χ1v) is 13.0. The molecule has 1 unspecified atom stereocenters. The maximum Gasteiger partial charge on any atom is 0.165 e. The summed E-state index contributed by atoms with van der Waals surface area (Å²) in [6, 6.07) is 15.5. The second-order valence-electron chi connectivity index (χ2n) is 12.4. The Morgan fingerprint density at radius 3 is 2.74 bits per heavy atom. The summed E-state index contributed by atoms with van der Waals surface area (Å²) in [6.07, 6.45) is 5.32. The normalized spacial score (nSPS) is 50.7. The molecule has 0 aromatic heterocycles. The van der Waals surface area contributed by atoms with Crippen molar-refractivity contribution in [1.29, 1.82) is 0 Å². The third-order valence-electron chi connectivity index (χ3n) is 12.1. The zero-order chi connectivity index (χ0) is 22.7. The molecule has 5 heteroatoms. The second-order valence-corrected chi connectivity index (χ2v) is 12.4. The molecule has 1 N–H and O–H groups in total. The smallest absolute Gasteiger partial charge is 0.165 e. The molecule has 0 amide bonds. The summed E-state index contributed by atoms with van der Waals surface area (Å²) in [6.45, 7) is 3.73. The lowest BCUT2D eigenvalue weighted by atomic mass is 9.33. The third-order valence-corrected chi connectivity index (χ3v) is 12.1. The van der Waals surface area contributed by atoms with Crippen LogP contribution in [0.1, 0.15) is 55.2 Å². The fourth-order valence-electron chi connectivity index (χ4n) is 11.0. The van der Waals surface area contributed by atoms with Crippen LogP contribution in [0.4, 0.5) is 0 Å². The number of phenolic OH excluding ortho intramolecular Hbond substituents is 1. The molecule has 2 aromatic carbocycles. The van der Waals surface area contributed by atoms with Crippen LogP contribution in [-0.2, 0) is 21.3 Å². The molecule has 6 fully saturated rings. The van der Waals surface area contributed by atoms with Crippen LogP contribution < -0.4 is 4.74 Å². The average Bonchev–Trinajstić information content (AvgIpc) is 3.17. The number of aromatic hydroxyl groups is 1. The number of likely N-dealkylation sites (N-methyl/N-ethyl adjacent to an activating group) is 1. The molecule has 10 rings (SSSR count). The molecule has 2 saturated heterocycles. The van der Waals surface area contributed by atoms with Crippen molar-refractivity contribution < 1.29 is 19.3 Å². The minimum atomic E-state index is -0.400. The number of hydrogen-bond acceptors (Lipinski definition) is 5. The Balaban J connectivity index is 1.35. The summed E-state index contributed by atoms with van der Waals surface area (Å²) >= 11 is 0. The van der Waals surface area contributed by atoms with Gasteiger partial charge < -0.3 is 24.2 Å². The van der Waals surface area contributed by atoms with Crippen molar-refractivity contribution in [3.63, 3.8) is 0 Å². The van der Waals surface area contributed by atoms with Gasteiger partial charge in [-0.15, -0.1) is 0 Å². The van der Waals surface area contributed by atoms with Gasteiger partial charge in [-0.1, -0.05) is 36.4 Å². The zero-order valence-electron chi connectivity index (χ0n) is 19.8. The molecule has 8 atom stereocenters. The highest BCUT2D eigenvalue weighted by molar-refractivity contribution is 5.65. The van der Waals surface area contributed by atoms with Crippen molar-refractivity contribution in [2.24, 2.45) is 10.8 Å². The number of hydrogen-bond donors (Lipinski definition) is 1. The minimum absolute atomic E-state index is 0.0713. The van der Waals surface area contributed by atoms with E-state index >= 15 is 0 Å². The van der Waals surface area contributed by atoms with Crippen molar-refractivity contribution >= 4 is 0 Å². The van der Waals surface area contributed by atoms with Crippen LogP contribution in [0.3, 0.4) is 0 Å². The van der Waals surface area contributed by atoms with E-state index in [-0.39, 0.29) is 27.9 Å². The molecule has 4 spiro atoms. The van der Waals surface area contributed by atoms with Gasteiger partial charge in [0.1, 0.15) is 18.5 Å². The van der Waals surface area contributed by atoms with Gasteiger partial charge in [0.15, 0.2) is 11.5 Å². The Bertz CT molecular complexity index is 1280. The van der Waals surface area contributed by atoms with E-state index in [0.717, 1.165) is 44.4 Å². The number of ether oxygens (including phenoxy) is 3. The van der Waals surface area contributed by atoms with Crippen LogP contribution in [0.15, 0.2) is 42.5 Å². The van der Waals surface area contributed by atoms with Gasteiger partial charge in [-0.3, -0.25) is 0 Å². The quantitative estimate of drug-likeness (QED) is 0.698. The molecular weight excluding hydrogens is 426 g/mol. The summed E-state index contributed by atoms with van der Waals surface area (Å²) in [5.41, 5.74) is 3.31. The van der Waals surface area contributed by atoms with Gasteiger partial charge >= 0.3 is 0 Å². The number of phenols is 1. The van der Waals surface area contributed by atoms with Crippen molar-refractivity contribution in [2.75, 3.05) is 20.4 Å². The summed E-state index contributed by atoms with van der Waals surface area (Å²) in [4.78, 5) is 2.63. The van der Waals surface area contributed by atoms with E-state index in [0.29, 0.717) is 24.5 Å². The molecular formula is C29H31NO4. The standard InChI is InChI=1S/C29H31NO4/c1-25-23(17-6-4-3-5-7-17)28(25)15-26-10-11-29(28,33-16-32-25)24-27(26)12-13-30(2)20(26)14-18-8-9-19(31)22(34-24)21(18)27/h3-9,20,23-24,31H,10-16H2,1-2H3/t20-,23?,24-,25+,26-,27+,28+,29+/m1/s1. The molecule has 3 heterocycles. The molecule has 2 aromatic rings. The summed E-state index contributed by atoms with van der Waals surface area (Å²) < 4.78 is 20.5. The van der Waals surface area contributed by atoms with Crippen molar-refractivity contribution in [3.8, 4) is 11.5 Å². The maximum absolute atomic E-state index is 11.0. The molecule has 8 aliphatic rings. The highest BCUT2D eigenvalue weighted by Gasteiger charge is 2.95. The van der Waals surface area contributed by atoms with Crippen LogP contribution in [0, 0.1) is 10.8 Å². The van der Waals surface area contributed by atoms with Crippen LogP contribution in [0.2, 0.25) is 0 Å². The molecule has 34 heavy (non-hydrogen) atoms. The molecule has 4 bridgehead atoms. The SMILES string of the molecule is CN1CC[C@]23c4c5ccc(O)c4O[C@H]2[C@@]24CC[C@@]3(C[C@@]23C(c2ccccc2)[C@]3(C)OCO4)[C@H]1C5. The van der Waals surface area contributed by atoms with Crippen LogP contribution >= 0.6 is 0 Å². The minimum Gasteiger partial charge on any atom is -0.504 e. The van der Waals surface area contributed by atoms with Gasteiger partial charge in [0, 0.05) is 33.8 Å². The van der Waals surface area contributed by atoms with Crippen LogP contribution in [-0.4, -0.2) is 53.7 Å². The van der Waals surface area contributed by atoms with Gasteiger partial charge in [-0.25, -0.2) is 0 Å². The molecule has 0 radical (unpaired) electrons. The monoisotopic (exact) mass is 457 g/mol. The fourth-order valence-corrected chi connectivity index (χ4v) is 11.0. The maximum atomic E-state index is 11.0.